The molecule has 0 aromatic carbocycles. The second-order valence-corrected chi connectivity index (χ2v) is 5.66. The Kier molecular flexibility index (Phi) is 5.14. The predicted octanol–water partition coefficient (Wildman–Crippen LogP) is 1.15. The van der Waals surface area contributed by atoms with Gasteiger partial charge in [-0.3, -0.25) is 9.59 Å². The van der Waals surface area contributed by atoms with E-state index in [2.05, 4.69) is 15.6 Å². The van der Waals surface area contributed by atoms with Gasteiger partial charge in [0, 0.05) is 32.3 Å². The van der Waals surface area contributed by atoms with Crippen LogP contribution in [0.3, 0.4) is 0 Å². The lowest BCUT2D eigenvalue weighted by molar-refractivity contribution is -0.129. The molecule has 22 heavy (non-hydrogen) atoms. The lowest BCUT2D eigenvalue weighted by Gasteiger charge is -2.20. The van der Waals surface area contributed by atoms with Crippen molar-refractivity contribution in [3.63, 3.8) is 0 Å². The zero-order valence-corrected chi connectivity index (χ0v) is 13.2. The molecule has 0 aliphatic carbocycles. The molecule has 2 aromatic rings. The van der Waals surface area contributed by atoms with Gasteiger partial charge in [0.25, 0.3) is 0 Å². The number of fused-ring (bicyclic) bond motifs is 1. The van der Waals surface area contributed by atoms with Gasteiger partial charge in [0.1, 0.15) is 11.7 Å². The Bertz CT molecular complexity index is 630. The molecule has 1 atom stereocenters. The normalized spacial score (nSPS) is 12.4. The number of pyridine rings is 1. The van der Waals surface area contributed by atoms with E-state index in [-0.39, 0.29) is 17.7 Å². The van der Waals surface area contributed by atoms with Gasteiger partial charge < -0.3 is 15.0 Å². The van der Waals surface area contributed by atoms with Crippen molar-refractivity contribution in [3.05, 3.63) is 36.3 Å². The quantitative estimate of drug-likeness (QED) is 0.840. The van der Waals surface area contributed by atoms with Gasteiger partial charge in [-0.25, -0.2) is 4.98 Å². The van der Waals surface area contributed by atoms with Crippen LogP contribution in [-0.2, 0) is 16.0 Å². The minimum atomic E-state index is -0.501. The van der Waals surface area contributed by atoms with E-state index in [0.29, 0.717) is 13.0 Å². The van der Waals surface area contributed by atoms with Crippen LogP contribution in [0.5, 0.6) is 0 Å². The van der Waals surface area contributed by atoms with Gasteiger partial charge in [0.05, 0.1) is 5.69 Å². The summed E-state index contributed by atoms with van der Waals surface area (Å²) < 4.78 is 1.95. The van der Waals surface area contributed by atoms with Crippen molar-refractivity contribution in [2.45, 2.75) is 33.2 Å². The average molecular weight is 302 g/mol. The maximum Gasteiger partial charge on any atom is 0.242 e. The SMILES string of the molecule is CC(=O)NC(C(=O)NCCc1cn2ccccc2n1)C(C)C. The second-order valence-electron chi connectivity index (χ2n) is 5.66. The lowest BCUT2D eigenvalue weighted by atomic mass is 10.0. The van der Waals surface area contributed by atoms with E-state index in [0.717, 1.165) is 11.3 Å². The summed E-state index contributed by atoms with van der Waals surface area (Å²) in [6.07, 6.45) is 4.55. The highest BCUT2D eigenvalue weighted by Crippen LogP contribution is 2.05. The number of rotatable bonds is 6. The second kappa shape index (κ2) is 7.06. The van der Waals surface area contributed by atoms with Crippen LogP contribution >= 0.6 is 0 Å². The van der Waals surface area contributed by atoms with E-state index in [1.807, 2.05) is 48.8 Å². The minimum absolute atomic E-state index is 0.0408. The fourth-order valence-electron chi connectivity index (χ4n) is 2.29. The van der Waals surface area contributed by atoms with E-state index in [4.69, 9.17) is 0 Å². The fraction of sp³-hybridized carbons (Fsp3) is 0.438. The third-order valence-corrected chi connectivity index (χ3v) is 3.40. The van der Waals surface area contributed by atoms with Gasteiger partial charge in [-0.1, -0.05) is 19.9 Å². The maximum atomic E-state index is 12.1. The van der Waals surface area contributed by atoms with Crippen molar-refractivity contribution in [1.82, 2.24) is 20.0 Å². The molecule has 118 valence electrons. The fourth-order valence-corrected chi connectivity index (χ4v) is 2.29. The van der Waals surface area contributed by atoms with Crippen molar-refractivity contribution < 1.29 is 9.59 Å². The number of hydrogen-bond donors (Lipinski definition) is 2. The number of carbonyl (C=O) groups is 2. The maximum absolute atomic E-state index is 12.1. The highest BCUT2D eigenvalue weighted by molar-refractivity contribution is 5.87. The zero-order valence-electron chi connectivity index (χ0n) is 13.2. The van der Waals surface area contributed by atoms with Crippen molar-refractivity contribution in [1.29, 1.82) is 0 Å². The third kappa shape index (κ3) is 4.07. The highest BCUT2D eigenvalue weighted by Gasteiger charge is 2.22. The predicted molar refractivity (Wildman–Crippen MR) is 84.3 cm³/mol. The molecular weight excluding hydrogens is 280 g/mol. The number of imidazole rings is 1. The number of nitrogens with one attached hydrogen (secondary N) is 2. The summed E-state index contributed by atoms with van der Waals surface area (Å²) in [7, 11) is 0. The number of nitrogens with zero attached hydrogens (tertiary/aromatic N) is 2. The first-order valence-electron chi connectivity index (χ1n) is 7.45. The molecule has 6 nitrogen and oxygen atoms in total. The molecule has 0 spiro atoms. The summed E-state index contributed by atoms with van der Waals surface area (Å²) in [6.45, 7) is 5.72. The van der Waals surface area contributed by atoms with Gasteiger partial charge in [-0.2, -0.15) is 0 Å². The Morgan fingerprint density at radius 3 is 2.73 bits per heavy atom. The lowest BCUT2D eigenvalue weighted by Crippen LogP contribution is -2.49. The van der Waals surface area contributed by atoms with Crippen LogP contribution in [0.2, 0.25) is 0 Å². The summed E-state index contributed by atoms with van der Waals surface area (Å²) in [4.78, 5) is 27.8. The van der Waals surface area contributed by atoms with Gasteiger partial charge >= 0.3 is 0 Å². The van der Waals surface area contributed by atoms with Crippen LogP contribution < -0.4 is 10.6 Å². The number of amides is 2. The van der Waals surface area contributed by atoms with Crippen molar-refractivity contribution in [2.75, 3.05) is 6.54 Å². The molecule has 0 saturated carbocycles. The molecule has 1 unspecified atom stereocenters. The van der Waals surface area contributed by atoms with Crippen LogP contribution in [0.15, 0.2) is 30.6 Å². The molecular formula is C16H22N4O2. The first-order valence-corrected chi connectivity index (χ1v) is 7.45. The monoisotopic (exact) mass is 302 g/mol. The van der Waals surface area contributed by atoms with Crippen LogP contribution in [-0.4, -0.2) is 33.8 Å². The van der Waals surface area contributed by atoms with Crippen molar-refractivity contribution >= 4 is 17.5 Å². The van der Waals surface area contributed by atoms with Crippen molar-refractivity contribution in [3.8, 4) is 0 Å². The molecule has 0 bridgehead atoms. The first-order chi connectivity index (χ1) is 10.5. The molecule has 0 aliphatic rings. The summed E-state index contributed by atoms with van der Waals surface area (Å²) >= 11 is 0. The number of hydrogen-bond acceptors (Lipinski definition) is 3. The van der Waals surface area contributed by atoms with Crippen molar-refractivity contribution in [2.24, 2.45) is 5.92 Å². The summed E-state index contributed by atoms with van der Waals surface area (Å²) in [6, 6.07) is 5.32. The van der Waals surface area contributed by atoms with E-state index < -0.39 is 6.04 Å². The van der Waals surface area contributed by atoms with Crippen LogP contribution in [0.25, 0.3) is 5.65 Å². The Balaban J connectivity index is 1.89. The largest absolute Gasteiger partial charge is 0.354 e. The van der Waals surface area contributed by atoms with Gasteiger partial charge in [0.15, 0.2) is 0 Å². The number of carbonyl (C=O) groups excluding carboxylic acids is 2. The summed E-state index contributed by atoms with van der Waals surface area (Å²) in [5, 5.41) is 5.54. The molecule has 2 aromatic heterocycles. The molecule has 0 radical (unpaired) electrons. The van der Waals surface area contributed by atoms with E-state index in [1.54, 1.807) is 0 Å². The highest BCUT2D eigenvalue weighted by atomic mass is 16.2. The van der Waals surface area contributed by atoms with Crippen LogP contribution in [0.4, 0.5) is 0 Å². The standard InChI is InChI=1S/C16H22N4O2/c1-11(2)15(18-12(3)21)16(22)17-8-7-13-10-20-9-5-4-6-14(20)19-13/h4-6,9-11,15H,7-8H2,1-3H3,(H,17,22)(H,18,21). The Labute approximate surface area is 129 Å². The van der Waals surface area contributed by atoms with Crippen LogP contribution in [0.1, 0.15) is 26.5 Å². The van der Waals surface area contributed by atoms with E-state index in [9.17, 15) is 9.59 Å². The molecule has 0 saturated heterocycles. The minimum Gasteiger partial charge on any atom is -0.354 e. The average Bonchev–Trinajstić information content (AvgIpc) is 2.86. The Hall–Kier alpha value is -2.37. The molecule has 0 aliphatic heterocycles. The number of aromatic nitrogens is 2. The van der Waals surface area contributed by atoms with Gasteiger partial charge in [-0.15, -0.1) is 0 Å². The zero-order chi connectivity index (χ0) is 16.1. The Morgan fingerprint density at radius 1 is 1.32 bits per heavy atom. The first kappa shape index (κ1) is 16.0. The molecule has 2 rings (SSSR count). The topological polar surface area (TPSA) is 75.5 Å². The van der Waals surface area contributed by atoms with Gasteiger partial charge in [0.2, 0.25) is 11.8 Å². The molecule has 2 heterocycles. The summed E-state index contributed by atoms with van der Waals surface area (Å²) in [5.74, 6) is -0.317. The molecule has 0 fully saturated rings. The smallest absolute Gasteiger partial charge is 0.242 e. The third-order valence-electron chi connectivity index (χ3n) is 3.40. The molecule has 6 heteroatoms. The van der Waals surface area contributed by atoms with Gasteiger partial charge in [-0.05, 0) is 18.1 Å². The van der Waals surface area contributed by atoms with Crippen LogP contribution in [0, 0.1) is 5.92 Å². The molecule has 2 N–H and O–H groups in total. The summed E-state index contributed by atoms with van der Waals surface area (Å²) in [5.41, 5.74) is 1.81. The van der Waals surface area contributed by atoms with E-state index in [1.165, 1.54) is 6.92 Å². The molecule has 2 amide bonds. The Morgan fingerprint density at radius 2 is 2.09 bits per heavy atom. The van der Waals surface area contributed by atoms with E-state index >= 15 is 0 Å².